The molecule has 1 amide bonds. The molecule has 0 heterocycles. The number of amides is 1. The summed E-state index contributed by atoms with van der Waals surface area (Å²) in [7, 11) is 1.74. The van der Waals surface area contributed by atoms with Crippen molar-refractivity contribution in [3.63, 3.8) is 0 Å². The second-order valence-corrected chi connectivity index (χ2v) is 5.88. The van der Waals surface area contributed by atoms with E-state index in [-0.39, 0.29) is 5.91 Å². The average Bonchev–Trinajstić information content (AvgIpc) is 2.96. The number of methoxy groups -OCH3 is 1. The maximum Gasteiger partial charge on any atom is 0.233 e. The van der Waals surface area contributed by atoms with Crippen molar-refractivity contribution >= 4 is 5.91 Å². The molecule has 0 aliphatic heterocycles. The zero-order chi connectivity index (χ0) is 12.8. The molecule has 2 rings (SSSR count). The number of ether oxygens (including phenoxy) is 1. The molecular formula is C14H26N2O2. The van der Waals surface area contributed by atoms with Crippen LogP contribution in [-0.4, -0.2) is 38.8 Å². The van der Waals surface area contributed by atoms with Gasteiger partial charge in [0.1, 0.15) is 0 Å². The lowest BCUT2D eigenvalue weighted by Crippen LogP contribution is -2.40. The molecule has 0 atom stereocenters. The Labute approximate surface area is 110 Å². The predicted molar refractivity (Wildman–Crippen MR) is 71.4 cm³/mol. The van der Waals surface area contributed by atoms with Gasteiger partial charge in [-0.25, -0.2) is 0 Å². The lowest BCUT2D eigenvalue weighted by molar-refractivity contribution is -0.120. The van der Waals surface area contributed by atoms with E-state index in [9.17, 15) is 4.79 Å². The number of carbonyl (C=O) groups is 1. The summed E-state index contributed by atoms with van der Waals surface area (Å²) in [4.78, 5) is 11.7. The molecule has 2 N–H and O–H groups in total. The summed E-state index contributed by atoms with van der Waals surface area (Å²) in [5.41, 5.74) is 0.346. The Hall–Kier alpha value is -0.610. The summed E-state index contributed by atoms with van der Waals surface area (Å²) in [5, 5.41) is 6.41. The van der Waals surface area contributed by atoms with Crippen molar-refractivity contribution in [2.75, 3.05) is 26.8 Å². The molecule has 104 valence electrons. The SMILES string of the molecule is COCCC1(CNC(=O)CNC2CCCC2)CC1. The van der Waals surface area contributed by atoms with E-state index in [0.717, 1.165) is 19.6 Å². The van der Waals surface area contributed by atoms with Crippen LogP contribution in [0.2, 0.25) is 0 Å². The van der Waals surface area contributed by atoms with Gasteiger partial charge in [0.2, 0.25) is 5.91 Å². The third-order valence-corrected chi connectivity index (χ3v) is 4.36. The minimum atomic E-state index is 0.144. The molecule has 0 aromatic heterocycles. The quantitative estimate of drug-likeness (QED) is 0.689. The minimum Gasteiger partial charge on any atom is -0.385 e. The van der Waals surface area contributed by atoms with Gasteiger partial charge in [0, 0.05) is 26.3 Å². The Bertz CT molecular complexity index is 271. The van der Waals surface area contributed by atoms with E-state index in [1.165, 1.54) is 38.5 Å². The first kappa shape index (κ1) is 13.8. The molecule has 0 radical (unpaired) electrons. The Morgan fingerprint density at radius 2 is 2.06 bits per heavy atom. The maximum absolute atomic E-state index is 11.7. The maximum atomic E-state index is 11.7. The van der Waals surface area contributed by atoms with Crippen LogP contribution in [0.5, 0.6) is 0 Å². The molecule has 0 saturated heterocycles. The molecule has 18 heavy (non-hydrogen) atoms. The Morgan fingerprint density at radius 1 is 1.33 bits per heavy atom. The van der Waals surface area contributed by atoms with Crippen LogP contribution in [0, 0.1) is 5.41 Å². The van der Waals surface area contributed by atoms with E-state index in [4.69, 9.17) is 4.74 Å². The second-order valence-electron chi connectivity index (χ2n) is 5.88. The first-order chi connectivity index (χ1) is 8.74. The zero-order valence-corrected chi connectivity index (χ0v) is 11.5. The largest absolute Gasteiger partial charge is 0.385 e. The summed E-state index contributed by atoms with van der Waals surface area (Å²) < 4.78 is 5.11. The Morgan fingerprint density at radius 3 is 2.67 bits per heavy atom. The molecule has 2 saturated carbocycles. The monoisotopic (exact) mass is 254 g/mol. The molecule has 4 heteroatoms. The Kier molecular flexibility index (Phi) is 5.01. The van der Waals surface area contributed by atoms with Gasteiger partial charge >= 0.3 is 0 Å². The molecule has 0 spiro atoms. The van der Waals surface area contributed by atoms with Crippen LogP contribution in [0.4, 0.5) is 0 Å². The normalized spacial score (nSPS) is 22.1. The number of nitrogens with one attached hydrogen (secondary N) is 2. The van der Waals surface area contributed by atoms with E-state index in [1.54, 1.807) is 7.11 Å². The molecule has 4 nitrogen and oxygen atoms in total. The number of hydrogen-bond acceptors (Lipinski definition) is 3. The highest BCUT2D eigenvalue weighted by Crippen LogP contribution is 2.48. The summed E-state index contributed by atoms with van der Waals surface area (Å²) in [6.45, 7) is 2.10. The van der Waals surface area contributed by atoms with Crippen LogP contribution in [0.3, 0.4) is 0 Å². The molecule has 0 bridgehead atoms. The van der Waals surface area contributed by atoms with Crippen LogP contribution < -0.4 is 10.6 Å². The predicted octanol–water partition coefficient (Wildman–Crippen LogP) is 1.45. The van der Waals surface area contributed by atoms with Gasteiger partial charge in [-0.3, -0.25) is 4.79 Å². The van der Waals surface area contributed by atoms with Gasteiger partial charge in [-0.1, -0.05) is 12.8 Å². The fraction of sp³-hybridized carbons (Fsp3) is 0.929. The fourth-order valence-corrected chi connectivity index (χ4v) is 2.73. The van der Waals surface area contributed by atoms with Crippen LogP contribution in [0.15, 0.2) is 0 Å². The van der Waals surface area contributed by atoms with E-state index < -0.39 is 0 Å². The highest BCUT2D eigenvalue weighted by molar-refractivity contribution is 5.78. The first-order valence-electron chi connectivity index (χ1n) is 7.23. The van der Waals surface area contributed by atoms with Gasteiger partial charge in [-0.05, 0) is 37.5 Å². The summed E-state index contributed by atoms with van der Waals surface area (Å²) in [6.07, 6.45) is 8.59. The third-order valence-electron chi connectivity index (χ3n) is 4.36. The summed E-state index contributed by atoms with van der Waals surface area (Å²) >= 11 is 0. The van der Waals surface area contributed by atoms with Gasteiger partial charge in [0.05, 0.1) is 6.54 Å². The number of rotatable bonds is 8. The molecule has 2 fully saturated rings. The van der Waals surface area contributed by atoms with Crippen LogP contribution >= 0.6 is 0 Å². The van der Waals surface area contributed by atoms with Crippen molar-refractivity contribution < 1.29 is 9.53 Å². The molecule has 2 aliphatic carbocycles. The van der Waals surface area contributed by atoms with E-state index in [1.807, 2.05) is 0 Å². The standard InChI is InChI=1S/C14H26N2O2/c1-18-9-8-14(6-7-14)11-16-13(17)10-15-12-4-2-3-5-12/h12,15H,2-11H2,1H3,(H,16,17). The van der Waals surface area contributed by atoms with Gasteiger partial charge in [-0.15, -0.1) is 0 Å². The third kappa shape index (κ3) is 4.25. The molecule has 0 aromatic rings. The fourth-order valence-electron chi connectivity index (χ4n) is 2.73. The Balaban J connectivity index is 1.56. The van der Waals surface area contributed by atoms with Crippen molar-refractivity contribution in [2.45, 2.75) is 51.0 Å². The van der Waals surface area contributed by atoms with Gasteiger partial charge in [-0.2, -0.15) is 0 Å². The average molecular weight is 254 g/mol. The zero-order valence-electron chi connectivity index (χ0n) is 11.5. The molecule has 0 unspecified atom stereocenters. The highest BCUT2D eigenvalue weighted by Gasteiger charge is 2.42. The lowest BCUT2D eigenvalue weighted by atomic mass is 10.0. The van der Waals surface area contributed by atoms with Crippen LogP contribution in [0.1, 0.15) is 44.9 Å². The van der Waals surface area contributed by atoms with E-state index in [0.29, 0.717) is 18.0 Å². The molecule has 2 aliphatic rings. The number of carbonyl (C=O) groups excluding carboxylic acids is 1. The topological polar surface area (TPSA) is 50.4 Å². The molecule has 0 aromatic carbocycles. The summed E-state index contributed by atoms with van der Waals surface area (Å²) in [5.74, 6) is 0.144. The van der Waals surface area contributed by atoms with Crippen LogP contribution in [0.25, 0.3) is 0 Å². The minimum absolute atomic E-state index is 0.144. The van der Waals surface area contributed by atoms with Crippen molar-refractivity contribution in [2.24, 2.45) is 5.41 Å². The van der Waals surface area contributed by atoms with Gasteiger partial charge < -0.3 is 15.4 Å². The highest BCUT2D eigenvalue weighted by atomic mass is 16.5. The number of hydrogen-bond donors (Lipinski definition) is 2. The van der Waals surface area contributed by atoms with Crippen molar-refractivity contribution in [3.05, 3.63) is 0 Å². The van der Waals surface area contributed by atoms with Gasteiger partial charge in [0.15, 0.2) is 0 Å². The van der Waals surface area contributed by atoms with Gasteiger partial charge in [0.25, 0.3) is 0 Å². The van der Waals surface area contributed by atoms with Crippen LogP contribution in [-0.2, 0) is 9.53 Å². The summed E-state index contributed by atoms with van der Waals surface area (Å²) in [6, 6.07) is 0.569. The van der Waals surface area contributed by atoms with Crippen molar-refractivity contribution in [1.29, 1.82) is 0 Å². The van der Waals surface area contributed by atoms with E-state index in [2.05, 4.69) is 10.6 Å². The first-order valence-corrected chi connectivity index (χ1v) is 7.23. The smallest absolute Gasteiger partial charge is 0.233 e. The second kappa shape index (κ2) is 6.53. The van der Waals surface area contributed by atoms with Crippen molar-refractivity contribution in [3.8, 4) is 0 Å². The lowest BCUT2D eigenvalue weighted by Gasteiger charge is -2.16. The van der Waals surface area contributed by atoms with Crippen molar-refractivity contribution in [1.82, 2.24) is 10.6 Å². The molecular weight excluding hydrogens is 228 g/mol. The van der Waals surface area contributed by atoms with E-state index >= 15 is 0 Å².